The molecule has 0 spiro atoms. The molecule has 0 unspecified atom stereocenters. The summed E-state index contributed by atoms with van der Waals surface area (Å²) in [5, 5.41) is 4.00. The first-order valence-corrected chi connectivity index (χ1v) is 11.9. The molecule has 0 fully saturated rings. The second-order valence-electron chi connectivity index (χ2n) is 8.39. The van der Waals surface area contributed by atoms with Gasteiger partial charge in [-0.25, -0.2) is 14.5 Å². The number of hydrogen-bond acceptors (Lipinski definition) is 4. The summed E-state index contributed by atoms with van der Waals surface area (Å²) in [5.74, 6) is 0.00329. The maximum Gasteiger partial charge on any atom is 0.435 e. The Labute approximate surface area is 220 Å². The van der Waals surface area contributed by atoms with Gasteiger partial charge in [0.1, 0.15) is 12.4 Å². The van der Waals surface area contributed by atoms with Crippen molar-refractivity contribution < 1.29 is 22.7 Å². The van der Waals surface area contributed by atoms with E-state index in [1.807, 2.05) is 41.1 Å². The number of imidazole rings is 1. The maximum atomic E-state index is 13.5. The van der Waals surface area contributed by atoms with Crippen LogP contribution in [-0.4, -0.2) is 25.3 Å². The predicted octanol–water partition coefficient (Wildman–Crippen LogP) is 6.81. The first-order chi connectivity index (χ1) is 18.3. The van der Waals surface area contributed by atoms with Crippen molar-refractivity contribution in [2.75, 3.05) is 0 Å². The number of halogens is 4. The SMILES string of the molecule is O=C(OCc1nccn1Cc1ccccc1)c1ccc(-c2cc(C(F)(F)F)nn2-c2ccccc2Cl)cc1. The van der Waals surface area contributed by atoms with Crippen LogP contribution < -0.4 is 0 Å². The number of aromatic nitrogens is 4. The molecule has 0 aliphatic rings. The summed E-state index contributed by atoms with van der Waals surface area (Å²) in [7, 11) is 0. The van der Waals surface area contributed by atoms with Gasteiger partial charge in [0.05, 0.1) is 22.0 Å². The number of carbonyl (C=O) groups excluding carboxylic acids is 1. The zero-order valence-electron chi connectivity index (χ0n) is 19.8. The summed E-state index contributed by atoms with van der Waals surface area (Å²) < 4.78 is 48.9. The summed E-state index contributed by atoms with van der Waals surface area (Å²) in [6, 6.07) is 23.3. The van der Waals surface area contributed by atoms with Crippen molar-refractivity contribution in [1.82, 2.24) is 19.3 Å². The van der Waals surface area contributed by atoms with Crippen LogP contribution in [0.1, 0.15) is 27.4 Å². The van der Waals surface area contributed by atoms with Crippen LogP contribution in [0.3, 0.4) is 0 Å². The highest BCUT2D eigenvalue weighted by atomic mass is 35.5. The Morgan fingerprint density at radius 1 is 0.947 bits per heavy atom. The molecule has 0 aliphatic heterocycles. The molecule has 0 saturated carbocycles. The summed E-state index contributed by atoms with van der Waals surface area (Å²) >= 11 is 6.23. The average molecular weight is 537 g/mol. The first-order valence-electron chi connectivity index (χ1n) is 11.5. The van der Waals surface area contributed by atoms with Gasteiger partial charge in [0.15, 0.2) is 5.69 Å². The predicted molar refractivity (Wildman–Crippen MR) is 136 cm³/mol. The lowest BCUT2D eigenvalue weighted by Crippen LogP contribution is -2.10. The Balaban J connectivity index is 1.34. The summed E-state index contributed by atoms with van der Waals surface area (Å²) in [6.07, 6.45) is -1.20. The highest BCUT2D eigenvalue weighted by Crippen LogP contribution is 2.34. The van der Waals surface area contributed by atoms with Gasteiger partial charge in [-0.1, -0.05) is 66.2 Å². The standard InChI is InChI=1S/C28H20ClF3N4O2/c29-22-8-4-5-9-23(22)36-24(16-25(34-36)28(30,31)32)20-10-12-21(13-11-20)27(37)38-18-26-33-14-15-35(26)17-19-6-2-1-3-7-19/h1-16H,17-18H2. The quantitative estimate of drug-likeness (QED) is 0.214. The third-order valence-electron chi connectivity index (χ3n) is 5.83. The lowest BCUT2D eigenvalue weighted by molar-refractivity contribution is -0.141. The lowest BCUT2D eigenvalue weighted by Gasteiger charge is -2.11. The van der Waals surface area contributed by atoms with E-state index in [0.29, 0.717) is 23.6 Å². The van der Waals surface area contributed by atoms with Gasteiger partial charge in [-0.2, -0.15) is 18.3 Å². The van der Waals surface area contributed by atoms with Crippen LogP contribution in [0, 0.1) is 0 Å². The minimum Gasteiger partial charge on any atom is -0.454 e. The number of hydrogen-bond donors (Lipinski definition) is 0. The maximum absolute atomic E-state index is 13.5. The lowest BCUT2D eigenvalue weighted by atomic mass is 10.1. The van der Waals surface area contributed by atoms with Crippen LogP contribution >= 0.6 is 11.6 Å². The molecule has 6 nitrogen and oxygen atoms in total. The van der Waals surface area contributed by atoms with E-state index in [1.165, 1.54) is 24.3 Å². The number of ether oxygens (including phenoxy) is 1. The summed E-state index contributed by atoms with van der Waals surface area (Å²) in [5.41, 5.74) is 1.17. The van der Waals surface area contributed by atoms with E-state index in [2.05, 4.69) is 10.1 Å². The molecule has 0 radical (unpaired) electrons. The number of alkyl halides is 3. The Kier molecular flexibility index (Phi) is 7.02. The zero-order chi connectivity index (χ0) is 26.7. The number of nitrogens with zero attached hydrogens (tertiary/aromatic N) is 4. The van der Waals surface area contributed by atoms with Crippen molar-refractivity contribution in [3.8, 4) is 16.9 Å². The third kappa shape index (κ3) is 5.47. The van der Waals surface area contributed by atoms with E-state index >= 15 is 0 Å². The summed E-state index contributed by atoms with van der Waals surface area (Å²) in [4.78, 5) is 17.0. The molecule has 10 heteroatoms. The van der Waals surface area contributed by atoms with Crippen LogP contribution in [0.15, 0.2) is 97.3 Å². The fraction of sp³-hybridized carbons (Fsp3) is 0.107. The van der Waals surface area contributed by atoms with Gasteiger partial charge in [-0.05, 0) is 35.9 Å². The fourth-order valence-electron chi connectivity index (χ4n) is 3.93. The first kappa shape index (κ1) is 25.3. The Bertz CT molecular complexity index is 1560. The molecule has 2 heterocycles. The molecule has 2 aromatic heterocycles. The van der Waals surface area contributed by atoms with Gasteiger partial charge >= 0.3 is 12.1 Å². The summed E-state index contributed by atoms with van der Waals surface area (Å²) in [6.45, 7) is 0.552. The van der Waals surface area contributed by atoms with Crippen molar-refractivity contribution in [3.63, 3.8) is 0 Å². The number of esters is 1. The van der Waals surface area contributed by atoms with Crippen molar-refractivity contribution in [2.24, 2.45) is 0 Å². The largest absolute Gasteiger partial charge is 0.454 e. The molecule has 0 atom stereocenters. The highest BCUT2D eigenvalue weighted by Gasteiger charge is 2.35. The Hall–Kier alpha value is -4.37. The van der Waals surface area contributed by atoms with Gasteiger partial charge in [0.25, 0.3) is 0 Å². The molecule has 38 heavy (non-hydrogen) atoms. The molecule has 0 bridgehead atoms. The van der Waals surface area contributed by atoms with Crippen LogP contribution in [0.5, 0.6) is 0 Å². The number of benzene rings is 3. The third-order valence-corrected chi connectivity index (χ3v) is 6.15. The molecule has 0 amide bonds. The molecule has 192 valence electrons. The molecule has 5 rings (SSSR count). The smallest absolute Gasteiger partial charge is 0.435 e. The minimum absolute atomic E-state index is 0.0331. The van der Waals surface area contributed by atoms with Crippen LogP contribution in [0.2, 0.25) is 5.02 Å². The van der Waals surface area contributed by atoms with Gasteiger partial charge in [-0.15, -0.1) is 0 Å². The number of para-hydroxylation sites is 1. The molecule has 0 saturated heterocycles. The minimum atomic E-state index is -4.64. The second kappa shape index (κ2) is 10.5. The van der Waals surface area contributed by atoms with Crippen LogP contribution in [0.25, 0.3) is 16.9 Å². The highest BCUT2D eigenvalue weighted by molar-refractivity contribution is 6.32. The van der Waals surface area contributed by atoms with E-state index < -0.39 is 17.8 Å². The fourth-order valence-corrected chi connectivity index (χ4v) is 4.14. The van der Waals surface area contributed by atoms with Gasteiger partial charge in [0.2, 0.25) is 0 Å². The normalized spacial score (nSPS) is 11.5. The Morgan fingerprint density at radius 2 is 1.66 bits per heavy atom. The molecule has 5 aromatic rings. The molecular formula is C28H20ClF3N4O2. The van der Waals surface area contributed by atoms with E-state index in [-0.39, 0.29) is 22.9 Å². The van der Waals surface area contributed by atoms with Crippen molar-refractivity contribution in [1.29, 1.82) is 0 Å². The van der Waals surface area contributed by atoms with E-state index in [9.17, 15) is 18.0 Å². The second-order valence-corrected chi connectivity index (χ2v) is 8.79. The van der Waals surface area contributed by atoms with E-state index in [0.717, 1.165) is 16.3 Å². The van der Waals surface area contributed by atoms with E-state index in [4.69, 9.17) is 16.3 Å². The van der Waals surface area contributed by atoms with Crippen molar-refractivity contribution >= 4 is 17.6 Å². The van der Waals surface area contributed by atoms with Gasteiger partial charge < -0.3 is 9.30 Å². The average Bonchev–Trinajstić information content (AvgIpc) is 3.56. The number of carbonyl (C=O) groups is 1. The van der Waals surface area contributed by atoms with Crippen molar-refractivity contribution in [2.45, 2.75) is 19.3 Å². The number of rotatable bonds is 7. The molecule has 0 N–H and O–H groups in total. The molecule has 3 aromatic carbocycles. The van der Waals surface area contributed by atoms with Gasteiger partial charge in [-0.3, -0.25) is 0 Å². The van der Waals surface area contributed by atoms with Crippen LogP contribution in [0.4, 0.5) is 13.2 Å². The molecule has 0 aliphatic carbocycles. The van der Waals surface area contributed by atoms with Gasteiger partial charge in [0, 0.05) is 24.5 Å². The monoisotopic (exact) mass is 536 g/mol. The topological polar surface area (TPSA) is 61.9 Å². The Morgan fingerprint density at radius 3 is 2.37 bits per heavy atom. The molecular weight excluding hydrogens is 517 g/mol. The van der Waals surface area contributed by atoms with E-state index in [1.54, 1.807) is 30.5 Å². The van der Waals surface area contributed by atoms with Crippen molar-refractivity contribution in [3.05, 3.63) is 125 Å². The zero-order valence-corrected chi connectivity index (χ0v) is 20.5. The van der Waals surface area contributed by atoms with Crippen LogP contribution in [-0.2, 0) is 24.1 Å².